The normalized spacial score (nSPS) is 17.8. The van der Waals surface area contributed by atoms with E-state index < -0.39 is 11.6 Å². The Labute approximate surface area is 139 Å². The number of hydrogen-bond acceptors (Lipinski definition) is 5. The van der Waals surface area contributed by atoms with E-state index in [-0.39, 0.29) is 6.42 Å². The van der Waals surface area contributed by atoms with Gasteiger partial charge in [0.15, 0.2) is 0 Å². The number of isocyanates is 1. The van der Waals surface area contributed by atoms with Gasteiger partial charge in [0.1, 0.15) is 0 Å². The zero-order valence-electron chi connectivity index (χ0n) is 13.1. The predicted molar refractivity (Wildman–Crippen MR) is 88.5 cm³/mol. The van der Waals surface area contributed by atoms with E-state index in [1.54, 1.807) is 4.90 Å². The number of morpholine rings is 1. The van der Waals surface area contributed by atoms with Gasteiger partial charge in [0, 0.05) is 19.5 Å². The number of aliphatic imine (C=N–C) groups is 1. The molecule has 0 bridgehead atoms. The summed E-state index contributed by atoms with van der Waals surface area (Å²) in [6.45, 7) is 1.64. The molecule has 0 aromatic heterocycles. The highest BCUT2D eigenvalue weighted by molar-refractivity contribution is 5.87. The smallest absolute Gasteiger partial charge is 0.348 e. The van der Waals surface area contributed by atoms with Crippen LogP contribution in [0.1, 0.15) is 5.56 Å². The number of nitrogens with zero attached hydrogens (tertiary/aromatic N) is 2. The summed E-state index contributed by atoms with van der Waals surface area (Å²) in [5.74, 6) is -1.15. The average molecular weight is 326 g/mol. The van der Waals surface area contributed by atoms with E-state index >= 15 is 0 Å². The first-order chi connectivity index (χ1) is 11.7. The summed E-state index contributed by atoms with van der Waals surface area (Å²) in [4.78, 5) is 28.5. The van der Waals surface area contributed by atoms with Crippen molar-refractivity contribution in [1.29, 1.82) is 0 Å². The lowest BCUT2D eigenvalue weighted by Gasteiger charge is -2.38. The number of rotatable bonds is 5. The number of ether oxygens (including phenoxy) is 1. The SMILES string of the molecule is O=C=N[C@](Cc1cccc2ccccc12)(C(=O)O)N1CCOCC1. The molecule has 0 spiro atoms. The lowest BCUT2D eigenvalue weighted by Crippen LogP contribution is -2.58. The lowest BCUT2D eigenvalue weighted by molar-refractivity contribution is -0.154. The molecule has 124 valence electrons. The van der Waals surface area contributed by atoms with Crippen LogP contribution in [0.3, 0.4) is 0 Å². The van der Waals surface area contributed by atoms with Crippen molar-refractivity contribution in [2.75, 3.05) is 26.3 Å². The Morgan fingerprint density at radius 1 is 1.21 bits per heavy atom. The van der Waals surface area contributed by atoms with Gasteiger partial charge in [-0.3, -0.25) is 4.90 Å². The standard InChI is InChI=1S/C18H18N2O4/c21-13-19-18(17(22)23,20-8-10-24-11-9-20)12-15-6-3-5-14-4-1-2-7-16(14)15/h1-7H,8-12H2,(H,22,23)/t18-/m0/s1. The largest absolute Gasteiger partial charge is 0.478 e. The third-order valence-electron chi connectivity index (χ3n) is 4.42. The van der Waals surface area contributed by atoms with Crippen molar-refractivity contribution in [2.24, 2.45) is 4.99 Å². The molecular weight excluding hydrogens is 308 g/mol. The Bertz CT molecular complexity index is 785. The molecule has 6 nitrogen and oxygen atoms in total. The Morgan fingerprint density at radius 2 is 1.92 bits per heavy atom. The van der Waals surface area contributed by atoms with Crippen LogP contribution < -0.4 is 0 Å². The summed E-state index contributed by atoms with van der Waals surface area (Å²) >= 11 is 0. The molecule has 1 saturated heterocycles. The van der Waals surface area contributed by atoms with Crippen molar-refractivity contribution in [3.05, 3.63) is 48.0 Å². The van der Waals surface area contributed by atoms with Gasteiger partial charge in [-0.1, -0.05) is 42.5 Å². The maximum Gasteiger partial charge on any atom is 0.348 e. The molecule has 1 atom stereocenters. The summed E-state index contributed by atoms with van der Waals surface area (Å²) in [5, 5.41) is 11.9. The number of benzene rings is 2. The minimum atomic E-state index is -1.66. The molecule has 1 aliphatic heterocycles. The topological polar surface area (TPSA) is 79.2 Å². The van der Waals surface area contributed by atoms with Crippen molar-refractivity contribution in [2.45, 2.75) is 12.1 Å². The van der Waals surface area contributed by atoms with Crippen molar-refractivity contribution in [3.8, 4) is 0 Å². The van der Waals surface area contributed by atoms with Crippen LogP contribution in [0.25, 0.3) is 10.8 Å². The maximum atomic E-state index is 12.1. The summed E-state index contributed by atoms with van der Waals surface area (Å²) in [6, 6.07) is 13.5. The van der Waals surface area contributed by atoms with Gasteiger partial charge in [-0.2, -0.15) is 4.99 Å². The van der Waals surface area contributed by atoms with Crippen molar-refractivity contribution in [1.82, 2.24) is 4.90 Å². The van der Waals surface area contributed by atoms with Crippen molar-refractivity contribution >= 4 is 22.8 Å². The van der Waals surface area contributed by atoms with Gasteiger partial charge in [0.2, 0.25) is 11.7 Å². The zero-order valence-corrected chi connectivity index (χ0v) is 13.1. The molecule has 1 fully saturated rings. The number of carboxylic acid groups (broad SMARTS) is 1. The second-order valence-corrected chi connectivity index (χ2v) is 5.74. The molecule has 0 aliphatic carbocycles. The molecule has 0 amide bonds. The number of carbonyl (C=O) groups is 1. The summed E-state index contributed by atoms with van der Waals surface area (Å²) in [5.41, 5.74) is -0.823. The highest BCUT2D eigenvalue weighted by Gasteiger charge is 2.45. The van der Waals surface area contributed by atoms with Crippen LogP contribution >= 0.6 is 0 Å². The maximum absolute atomic E-state index is 12.1. The van der Waals surface area contributed by atoms with E-state index in [0.717, 1.165) is 16.3 Å². The van der Waals surface area contributed by atoms with Gasteiger partial charge < -0.3 is 9.84 Å². The van der Waals surface area contributed by atoms with Gasteiger partial charge in [-0.25, -0.2) is 9.59 Å². The molecule has 24 heavy (non-hydrogen) atoms. The predicted octanol–water partition coefficient (Wildman–Crippen LogP) is 1.83. The van der Waals surface area contributed by atoms with Crippen LogP contribution in [0.4, 0.5) is 0 Å². The van der Waals surface area contributed by atoms with Crippen LogP contribution in [0.5, 0.6) is 0 Å². The van der Waals surface area contributed by atoms with E-state index in [2.05, 4.69) is 4.99 Å². The quantitative estimate of drug-likeness (QED) is 0.670. The fourth-order valence-electron chi connectivity index (χ4n) is 3.20. The Morgan fingerprint density at radius 3 is 2.62 bits per heavy atom. The minimum absolute atomic E-state index is 0.0962. The fraction of sp³-hybridized carbons (Fsp3) is 0.333. The molecule has 6 heteroatoms. The summed E-state index contributed by atoms with van der Waals surface area (Å²) in [6.07, 6.45) is 1.56. The van der Waals surface area contributed by atoms with Crippen LogP contribution in [-0.4, -0.2) is 54.0 Å². The number of fused-ring (bicyclic) bond motifs is 1. The van der Waals surface area contributed by atoms with E-state index in [4.69, 9.17) is 4.74 Å². The number of carbonyl (C=O) groups excluding carboxylic acids is 1. The van der Waals surface area contributed by atoms with Gasteiger partial charge in [0.05, 0.1) is 13.2 Å². The van der Waals surface area contributed by atoms with E-state index in [9.17, 15) is 14.7 Å². The molecule has 0 unspecified atom stereocenters. The number of aliphatic carboxylic acids is 1. The van der Waals surface area contributed by atoms with Crippen molar-refractivity contribution < 1.29 is 19.4 Å². The molecule has 1 N–H and O–H groups in total. The fourth-order valence-corrected chi connectivity index (χ4v) is 3.20. The van der Waals surface area contributed by atoms with Crippen LogP contribution in [0.15, 0.2) is 47.5 Å². The molecule has 0 saturated carbocycles. The second-order valence-electron chi connectivity index (χ2n) is 5.74. The molecule has 1 heterocycles. The minimum Gasteiger partial charge on any atom is -0.478 e. The number of carboxylic acids is 1. The molecule has 2 aromatic rings. The summed E-state index contributed by atoms with van der Waals surface area (Å²) < 4.78 is 5.30. The second kappa shape index (κ2) is 6.93. The van der Waals surface area contributed by atoms with Crippen LogP contribution in [0.2, 0.25) is 0 Å². The molecular formula is C18H18N2O4. The van der Waals surface area contributed by atoms with E-state index in [0.29, 0.717) is 26.3 Å². The van der Waals surface area contributed by atoms with Gasteiger partial charge in [0.25, 0.3) is 0 Å². The molecule has 2 aromatic carbocycles. The molecule has 0 radical (unpaired) electrons. The zero-order chi connectivity index (χ0) is 17.0. The lowest BCUT2D eigenvalue weighted by atomic mass is 9.93. The molecule has 1 aliphatic rings. The van der Waals surface area contributed by atoms with Crippen LogP contribution in [-0.2, 0) is 20.7 Å². The first kappa shape index (κ1) is 16.3. The average Bonchev–Trinajstić information content (AvgIpc) is 2.62. The number of hydrogen-bond donors (Lipinski definition) is 1. The highest BCUT2D eigenvalue weighted by atomic mass is 16.5. The summed E-state index contributed by atoms with van der Waals surface area (Å²) in [7, 11) is 0. The van der Waals surface area contributed by atoms with Gasteiger partial charge >= 0.3 is 5.97 Å². The van der Waals surface area contributed by atoms with E-state index in [1.165, 1.54) is 6.08 Å². The monoisotopic (exact) mass is 326 g/mol. The van der Waals surface area contributed by atoms with E-state index in [1.807, 2.05) is 42.5 Å². The third kappa shape index (κ3) is 2.95. The first-order valence-corrected chi connectivity index (χ1v) is 7.79. The molecule has 3 rings (SSSR count). The van der Waals surface area contributed by atoms with Crippen molar-refractivity contribution in [3.63, 3.8) is 0 Å². The first-order valence-electron chi connectivity index (χ1n) is 7.79. The Hall–Kier alpha value is -2.53. The Kier molecular flexibility index (Phi) is 4.71. The van der Waals surface area contributed by atoms with Crippen LogP contribution in [0, 0.1) is 0 Å². The van der Waals surface area contributed by atoms with Gasteiger partial charge in [-0.05, 0) is 16.3 Å². The highest BCUT2D eigenvalue weighted by Crippen LogP contribution is 2.28. The van der Waals surface area contributed by atoms with Gasteiger partial charge in [-0.15, -0.1) is 0 Å². The Balaban J connectivity index is 2.08. The third-order valence-corrected chi connectivity index (χ3v) is 4.42.